The lowest BCUT2D eigenvalue weighted by atomic mass is 10.2. The number of carbonyl (C=O) groups excluding carboxylic acids is 1. The molecule has 1 aromatic heterocycles. The summed E-state index contributed by atoms with van der Waals surface area (Å²) < 4.78 is 17.9. The van der Waals surface area contributed by atoms with Crippen molar-refractivity contribution in [2.45, 2.75) is 0 Å². The van der Waals surface area contributed by atoms with Gasteiger partial charge in [-0.15, -0.1) is 0 Å². The van der Waals surface area contributed by atoms with Crippen LogP contribution in [0, 0.1) is 5.82 Å². The van der Waals surface area contributed by atoms with Crippen LogP contribution in [-0.2, 0) is 0 Å². The van der Waals surface area contributed by atoms with Crippen LogP contribution < -0.4 is 11.1 Å². The van der Waals surface area contributed by atoms with E-state index in [4.69, 9.17) is 4.42 Å². The molecule has 3 aromatic rings. The molecule has 0 saturated carbocycles. The first-order chi connectivity index (χ1) is 9.61. The molecule has 6 heteroatoms. The predicted octanol–water partition coefficient (Wildman–Crippen LogP) is 2.51. The molecule has 1 amide bonds. The van der Waals surface area contributed by atoms with E-state index in [-0.39, 0.29) is 5.56 Å². The zero-order valence-corrected chi connectivity index (χ0v) is 10.1. The zero-order valence-electron chi connectivity index (χ0n) is 10.1. The molecule has 0 fully saturated rings. The molecule has 0 saturated heterocycles. The number of rotatable bonds is 2. The van der Waals surface area contributed by atoms with Crippen LogP contribution in [0.25, 0.3) is 11.1 Å². The Hall–Kier alpha value is -2.89. The average molecular weight is 272 g/mol. The summed E-state index contributed by atoms with van der Waals surface area (Å²) in [7, 11) is 0. The first-order valence-corrected chi connectivity index (χ1v) is 5.81. The van der Waals surface area contributed by atoms with Gasteiger partial charge in [-0.3, -0.25) is 9.78 Å². The first kappa shape index (κ1) is 12.2. The van der Waals surface area contributed by atoms with Gasteiger partial charge in [0, 0.05) is 11.3 Å². The number of carbonyl (C=O) groups is 1. The van der Waals surface area contributed by atoms with Crippen molar-refractivity contribution in [3.05, 3.63) is 64.4 Å². The Bertz CT molecular complexity index is 851. The molecule has 20 heavy (non-hydrogen) atoms. The van der Waals surface area contributed by atoms with Crippen molar-refractivity contribution in [3.8, 4) is 0 Å². The Balaban J connectivity index is 1.88. The molecular formula is C14H9FN2O3. The number of anilines is 1. The van der Waals surface area contributed by atoms with Crippen LogP contribution >= 0.6 is 0 Å². The third-order valence-corrected chi connectivity index (χ3v) is 2.76. The summed E-state index contributed by atoms with van der Waals surface area (Å²) in [5.41, 5.74) is 1.57. The van der Waals surface area contributed by atoms with Crippen LogP contribution in [0.15, 0.2) is 51.7 Å². The molecule has 0 atom stereocenters. The van der Waals surface area contributed by atoms with Gasteiger partial charge in [-0.1, -0.05) is 6.07 Å². The number of fused-ring (bicyclic) bond motifs is 1. The van der Waals surface area contributed by atoms with Crippen molar-refractivity contribution >= 4 is 22.7 Å². The van der Waals surface area contributed by atoms with E-state index in [1.807, 2.05) is 0 Å². The highest BCUT2D eigenvalue weighted by atomic mass is 19.1. The van der Waals surface area contributed by atoms with Gasteiger partial charge in [0.15, 0.2) is 5.58 Å². The molecule has 0 aliphatic heterocycles. The number of hydrogen-bond donors (Lipinski definition) is 2. The number of amides is 1. The molecule has 2 aromatic carbocycles. The monoisotopic (exact) mass is 272 g/mol. The van der Waals surface area contributed by atoms with Gasteiger partial charge in [-0.05, 0) is 36.4 Å². The van der Waals surface area contributed by atoms with Crippen LogP contribution in [0.5, 0.6) is 0 Å². The number of benzene rings is 2. The highest BCUT2D eigenvalue weighted by Crippen LogP contribution is 2.17. The van der Waals surface area contributed by atoms with E-state index in [1.54, 1.807) is 18.2 Å². The van der Waals surface area contributed by atoms with Gasteiger partial charge in [-0.25, -0.2) is 9.18 Å². The second kappa shape index (κ2) is 4.65. The van der Waals surface area contributed by atoms with Crippen molar-refractivity contribution in [2.24, 2.45) is 0 Å². The lowest BCUT2D eigenvalue weighted by Gasteiger charge is -2.05. The van der Waals surface area contributed by atoms with Crippen molar-refractivity contribution < 1.29 is 13.6 Å². The van der Waals surface area contributed by atoms with Crippen molar-refractivity contribution in [3.63, 3.8) is 0 Å². The minimum atomic E-state index is -0.561. The van der Waals surface area contributed by atoms with Gasteiger partial charge in [0.2, 0.25) is 0 Å². The van der Waals surface area contributed by atoms with E-state index < -0.39 is 17.5 Å². The van der Waals surface area contributed by atoms with Gasteiger partial charge >= 0.3 is 5.76 Å². The largest absolute Gasteiger partial charge is 0.417 e. The molecule has 0 radical (unpaired) electrons. The highest BCUT2D eigenvalue weighted by molar-refractivity contribution is 6.04. The van der Waals surface area contributed by atoms with E-state index in [0.717, 1.165) is 6.07 Å². The van der Waals surface area contributed by atoms with Crippen LogP contribution in [0.1, 0.15) is 10.4 Å². The lowest BCUT2D eigenvalue weighted by Crippen LogP contribution is -2.11. The highest BCUT2D eigenvalue weighted by Gasteiger charge is 2.08. The maximum atomic E-state index is 13.0. The number of oxazole rings is 1. The number of halogens is 1. The standard InChI is InChI=1S/C14H9FN2O3/c15-9-3-1-2-8(6-9)13(18)16-10-4-5-12-11(7-10)17-14(19)20-12/h1-7H,(H,16,18)(H,17,19). The van der Waals surface area contributed by atoms with Gasteiger partial charge in [0.25, 0.3) is 5.91 Å². The summed E-state index contributed by atoms with van der Waals surface area (Å²) in [4.78, 5) is 25.5. The van der Waals surface area contributed by atoms with Crippen LogP contribution in [-0.4, -0.2) is 10.9 Å². The van der Waals surface area contributed by atoms with Gasteiger partial charge in [-0.2, -0.15) is 0 Å². The van der Waals surface area contributed by atoms with Gasteiger partial charge in [0.1, 0.15) is 5.82 Å². The van der Waals surface area contributed by atoms with E-state index in [2.05, 4.69) is 10.3 Å². The molecule has 0 aliphatic carbocycles. The summed E-state index contributed by atoms with van der Waals surface area (Å²) >= 11 is 0. The molecule has 0 spiro atoms. The van der Waals surface area contributed by atoms with Crippen LogP contribution in [0.2, 0.25) is 0 Å². The Morgan fingerprint density at radius 2 is 2.05 bits per heavy atom. The molecule has 3 rings (SSSR count). The Kier molecular flexibility index (Phi) is 2.83. The Labute approximate surface area is 112 Å². The molecule has 100 valence electrons. The smallest absolute Gasteiger partial charge is 0.408 e. The summed E-state index contributed by atoms with van der Waals surface area (Å²) in [6.45, 7) is 0. The zero-order chi connectivity index (χ0) is 14.1. The van der Waals surface area contributed by atoms with Crippen molar-refractivity contribution in [1.29, 1.82) is 0 Å². The SMILES string of the molecule is O=C(Nc1ccc2oc(=O)[nH]c2c1)c1cccc(F)c1. The number of aromatic nitrogens is 1. The fraction of sp³-hybridized carbons (Fsp3) is 0. The third-order valence-electron chi connectivity index (χ3n) is 2.76. The number of H-pyrrole nitrogens is 1. The number of hydrogen-bond acceptors (Lipinski definition) is 3. The van der Waals surface area contributed by atoms with Gasteiger partial charge < -0.3 is 9.73 Å². The topological polar surface area (TPSA) is 75.1 Å². The summed E-state index contributed by atoms with van der Waals surface area (Å²) in [5, 5.41) is 2.62. The normalized spacial score (nSPS) is 10.7. The molecule has 2 N–H and O–H groups in total. The first-order valence-electron chi connectivity index (χ1n) is 5.81. The third kappa shape index (κ3) is 2.31. The Morgan fingerprint density at radius 1 is 1.20 bits per heavy atom. The maximum absolute atomic E-state index is 13.0. The van der Waals surface area contributed by atoms with Crippen molar-refractivity contribution in [2.75, 3.05) is 5.32 Å². The average Bonchev–Trinajstić information content (AvgIpc) is 2.78. The Morgan fingerprint density at radius 3 is 2.85 bits per heavy atom. The molecule has 1 heterocycles. The molecule has 0 unspecified atom stereocenters. The summed E-state index contributed by atoms with van der Waals surface area (Å²) in [6, 6.07) is 10.1. The molecule has 0 bridgehead atoms. The minimum Gasteiger partial charge on any atom is -0.408 e. The quantitative estimate of drug-likeness (QED) is 0.752. The lowest BCUT2D eigenvalue weighted by molar-refractivity contribution is 0.102. The molecule has 5 nitrogen and oxygen atoms in total. The fourth-order valence-corrected chi connectivity index (χ4v) is 1.86. The number of nitrogens with one attached hydrogen (secondary N) is 2. The van der Waals surface area contributed by atoms with E-state index in [9.17, 15) is 14.0 Å². The fourth-order valence-electron chi connectivity index (χ4n) is 1.86. The van der Waals surface area contributed by atoms with E-state index in [0.29, 0.717) is 16.8 Å². The summed E-state index contributed by atoms with van der Waals surface area (Å²) in [6.07, 6.45) is 0. The van der Waals surface area contributed by atoms with E-state index >= 15 is 0 Å². The maximum Gasteiger partial charge on any atom is 0.417 e. The van der Waals surface area contributed by atoms with Crippen LogP contribution in [0.4, 0.5) is 10.1 Å². The van der Waals surface area contributed by atoms with Crippen LogP contribution in [0.3, 0.4) is 0 Å². The second-order valence-corrected chi connectivity index (χ2v) is 4.19. The van der Waals surface area contributed by atoms with E-state index in [1.165, 1.54) is 18.2 Å². The van der Waals surface area contributed by atoms with Gasteiger partial charge in [0.05, 0.1) is 5.52 Å². The summed E-state index contributed by atoms with van der Waals surface area (Å²) in [5.74, 6) is -1.48. The number of aromatic amines is 1. The van der Waals surface area contributed by atoms with Crippen molar-refractivity contribution in [1.82, 2.24) is 4.98 Å². The second-order valence-electron chi connectivity index (χ2n) is 4.19. The minimum absolute atomic E-state index is 0.214. The predicted molar refractivity (Wildman–Crippen MR) is 71.2 cm³/mol. The molecular weight excluding hydrogens is 263 g/mol. The molecule has 0 aliphatic rings.